The maximum Gasteiger partial charge on any atom is 0.254 e. The third-order valence-electron chi connectivity index (χ3n) is 5.08. The highest BCUT2D eigenvalue weighted by Gasteiger charge is 2.24. The summed E-state index contributed by atoms with van der Waals surface area (Å²) in [6, 6.07) is 17.5. The highest BCUT2D eigenvalue weighted by molar-refractivity contribution is 5.98. The van der Waals surface area contributed by atoms with Gasteiger partial charge in [-0.1, -0.05) is 36.4 Å². The summed E-state index contributed by atoms with van der Waals surface area (Å²) in [5.41, 5.74) is 2.64. The molecule has 1 fully saturated rings. The van der Waals surface area contributed by atoms with Crippen molar-refractivity contribution in [2.24, 2.45) is 0 Å². The summed E-state index contributed by atoms with van der Waals surface area (Å²) in [5.74, 6) is 0.0738. The van der Waals surface area contributed by atoms with Crippen LogP contribution >= 0.6 is 0 Å². The second kappa shape index (κ2) is 7.32. The lowest BCUT2D eigenvalue weighted by molar-refractivity contribution is 0.0527. The summed E-state index contributed by atoms with van der Waals surface area (Å²) in [4.78, 5) is 20.0. The maximum atomic E-state index is 12.8. The predicted octanol–water partition coefficient (Wildman–Crippen LogP) is 2.66. The van der Waals surface area contributed by atoms with Gasteiger partial charge in [0.1, 0.15) is 0 Å². The molecule has 4 rings (SSSR count). The van der Waals surface area contributed by atoms with E-state index in [1.165, 1.54) is 0 Å². The Morgan fingerprint density at radius 1 is 1.04 bits per heavy atom. The molecule has 1 saturated heterocycles. The number of carbonyl (C=O) groups excluding carboxylic acids is 1. The van der Waals surface area contributed by atoms with Crippen LogP contribution in [0.4, 0.5) is 0 Å². The fourth-order valence-corrected chi connectivity index (χ4v) is 3.52. The van der Waals surface area contributed by atoms with Crippen molar-refractivity contribution in [1.82, 2.24) is 14.8 Å². The topological polar surface area (TPSA) is 59.6 Å². The number of nitrogens with one attached hydrogen (secondary N) is 1. The number of hydrogen-bond acceptors (Lipinski definition) is 3. The molecular weight excluding hydrogens is 326 g/mol. The zero-order chi connectivity index (χ0) is 17.9. The van der Waals surface area contributed by atoms with Crippen molar-refractivity contribution < 1.29 is 9.90 Å². The molecule has 0 saturated carbocycles. The van der Waals surface area contributed by atoms with Gasteiger partial charge in [-0.2, -0.15) is 0 Å². The summed E-state index contributed by atoms with van der Waals surface area (Å²) in [7, 11) is 0. The first-order valence-electron chi connectivity index (χ1n) is 9.02. The van der Waals surface area contributed by atoms with Crippen LogP contribution in [0.1, 0.15) is 22.0 Å². The zero-order valence-electron chi connectivity index (χ0n) is 14.6. The summed E-state index contributed by atoms with van der Waals surface area (Å²) in [6.07, 6.45) is 1.39. The van der Waals surface area contributed by atoms with E-state index in [0.29, 0.717) is 19.6 Å². The van der Waals surface area contributed by atoms with Gasteiger partial charge in [0.25, 0.3) is 5.91 Å². The number of amides is 1. The van der Waals surface area contributed by atoms with E-state index in [0.717, 1.165) is 35.1 Å². The van der Waals surface area contributed by atoms with Crippen LogP contribution < -0.4 is 0 Å². The van der Waals surface area contributed by atoms with Crippen molar-refractivity contribution in [3.63, 3.8) is 0 Å². The van der Waals surface area contributed by atoms with E-state index in [-0.39, 0.29) is 5.91 Å². The molecule has 0 bridgehead atoms. The quantitative estimate of drug-likeness (QED) is 0.761. The van der Waals surface area contributed by atoms with Crippen LogP contribution in [0.15, 0.2) is 60.8 Å². The molecular formula is C21H23N3O2. The Bertz CT molecular complexity index is 882. The fraction of sp³-hybridized carbons (Fsp3) is 0.286. The van der Waals surface area contributed by atoms with E-state index >= 15 is 0 Å². The number of aliphatic hydroxyl groups is 1. The molecule has 134 valence electrons. The molecule has 0 aliphatic carbocycles. The minimum atomic E-state index is -0.492. The van der Waals surface area contributed by atoms with Crippen LogP contribution in [0, 0.1) is 0 Å². The van der Waals surface area contributed by atoms with Crippen LogP contribution in [-0.2, 0) is 0 Å². The van der Waals surface area contributed by atoms with E-state index in [2.05, 4.69) is 9.88 Å². The third kappa shape index (κ3) is 3.49. The van der Waals surface area contributed by atoms with Crippen LogP contribution in [0.3, 0.4) is 0 Å². The van der Waals surface area contributed by atoms with E-state index < -0.39 is 6.10 Å². The second-order valence-electron chi connectivity index (χ2n) is 6.80. The average Bonchev–Trinajstić information content (AvgIpc) is 3.16. The molecule has 2 N–H and O–H groups in total. The van der Waals surface area contributed by atoms with Gasteiger partial charge in [-0.05, 0) is 29.1 Å². The van der Waals surface area contributed by atoms with Crippen molar-refractivity contribution in [3.05, 3.63) is 71.9 Å². The molecule has 1 aliphatic rings. The molecule has 1 aliphatic heterocycles. The first-order valence-corrected chi connectivity index (χ1v) is 9.02. The summed E-state index contributed by atoms with van der Waals surface area (Å²) in [6.45, 7) is 3.52. The monoisotopic (exact) mass is 349 g/mol. The summed E-state index contributed by atoms with van der Waals surface area (Å²) in [5, 5.41) is 11.5. The van der Waals surface area contributed by atoms with Gasteiger partial charge in [0.2, 0.25) is 0 Å². The maximum absolute atomic E-state index is 12.8. The van der Waals surface area contributed by atoms with Gasteiger partial charge in [0, 0.05) is 50.0 Å². The number of benzene rings is 2. The van der Waals surface area contributed by atoms with Gasteiger partial charge in [-0.25, -0.2) is 0 Å². The molecule has 1 aromatic heterocycles. The predicted molar refractivity (Wildman–Crippen MR) is 102 cm³/mol. The lowest BCUT2D eigenvalue weighted by atomic mass is 10.1. The molecule has 2 heterocycles. The van der Waals surface area contributed by atoms with Crippen molar-refractivity contribution >= 4 is 16.8 Å². The van der Waals surface area contributed by atoms with Gasteiger partial charge >= 0.3 is 0 Å². The Hall–Kier alpha value is -2.63. The van der Waals surface area contributed by atoms with Crippen molar-refractivity contribution in [2.75, 3.05) is 32.7 Å². The van der Waals surface area contributed by atoms with Gasteiger partial charge < -0.3 is 15.0 Å². The first kappa shape index (κ1) is 16.8. The highest BCUT2D eigenvalue weighted by atomic mass is 16.3. The van der Waals surface area contributed by atoms with Gasteiger partial charge in [-0.3, -0.25) is 9.69 Å². The largest absolute Gasteiger partial charge is 0.387 e. The average molecular weight is 349 g/mol. The molecule has 1 unspecified atom stereocenters. The van der Waals surface area contributed by atoms with E-state index in [9.17, 15) is 9.90 Å². The number of carbonyl (C=O) groups is 1. The Morgan fingerprint density at radius 3 is 2.58 bits per heavy atom. The number of fused-ring (bicyclic) bond motifs is 1. The molecule has 2 aromatic carbocycles. The number of nitrogens with zero attached hydrogens (tertiary/aromatic N) is 2. The van der Waals surface area contributed by atoms with E-state index in [4.69, 9.17) is 0 Å². The lowest BCUT2D eigenvalue weighted by Gasteiger charge is -2.35. The molecule has 0 radical (unpaired) electrons. The lowest BCUT2D eigenvalue weighted by Crippen LogP contribution is -2.49. The number of aliphatic hydroxyl groups excluding tert-OH is 1. The number of hydrogen-bond donors (Lipinski definition) is 2. The molecule has 5 heteroatoms. The molecule has 26 heavy (non-hydrogen) atoms. The van der Waals surface area contributed by atoms with Gasteiger partial charge in [-0.15, -0.1) is 0 Å². The molecule has 1 amide bonds. The second-order valence-corrected chi connectivity index (χ2v) is 6.80. The number of aromatic amines is 1. The Morgan fingerprint density at radius 2 is 1.81 bits per heavy atom. The molecule has 5 nitrogen and oxygen atoms in total. The Balaban J connectivity index is 1.35. The van der Waals surface area contributed by atoms with Crippen molar-refractivity contribution in [1.29, 1.82) is 0 Å². The molecule has 3 aromatic rings. The van der Waals surface area contributed by atoms with Crippen LogP contribution in [0.25, 0.3) is 10.9 Å². The molecule has 1 atom stereocenters. The minimum absolute atomic E-state index is 0.0738. The highest BCUT2D eigenvalue weighted by Crippen LogP contribution is 2.18. The summed E-state index contributed by atoms with van der Waals surface area (Å²) < 4.78 is 0. The van der Waals surface area contributed by atoms with Gasteiger partial charge in [0.15, 0.2) is 0 Å². The Labute approximate surface area is 152 Å². The van der Waals surface area contributed by atoms with E-state index in [1.807, 2.05) is 65.7 Å². The standard InChI is InChI=1S/C21H23N3O2/c25-20(17-4-2-1-3-5-17)15-23-10-12-24(13-11-23)21(26)18-7-6-16-8-9-22-19(16)14-18/h1-9,14,20,22,25H,10-13,15H2. The van der Waals surface area contributed by atoms with Crippen LogP contribution in [0.5, 0.6) is 0 Å². The number of rotatable bonds is 4. The number of β-amino-alcohol motifs (C(OH)–C–C–N with tert-alkyl or cyclic N) is 1. The van der Waals surface area contributed by atoms with E-state index in [1.54, 1.807) is 0 Å². The van der Waals surface area contributed by atoms with Crippen LogP contribution in [-0.4, -0.2) is 58.5 Å². The van der Waals surface area contributed by atoms with Crippen LogP contribution in [0.2, 0.25) is 0 Å². The normalized spacial score (nSPS) is 16.7. The van der Waals surface area contributed by atoms with Crippen molar-refractivity contribution in [2.45, 2.75) is 6.10 Å². The Kier molecular flexibility index (Phi) is 4.73. The van der Waals surface area contributed by atoms with Gasteiger partial charge in [0.05, 0.1) is 6.10 Å². The van der Waals surface area contributed by atoms with Crippen molar-refractivity contribution in [3.8, 4) is 0 Å². The number of aromatic nitrogens is 1. The minimum Gasteiger partial charge on any atom is -0.387 e. The molecule has 0 spiro atoms. The number of H-pyrrole nitrogens is 1. The zero-order valence-corrected chi connectivity index (χ0v) is 14.6. The summed E-state index contributed by atoms with van der Waals surface area (Å²) >= 11 is 0. The SMILES string of the molecule is O=C(c1ccc2cc[nH]c2c1)N1CCN(CC(O)c2ccccc2)CC1. The third-order valence-corrected chi connectivity index (χ3v) is 5.08. The smallest absolute Gasteiger partial charge is 0.254 e. The number of piperazine rings is 1. The first-order chi connectivity index (χ1) is 12.7. The fourth-order valence-electron chi connectivity index (χ4n) is 3.52.